The Bertz CT molecular complexity index is 571. The van der Waals surface area contributed by atoms with Gasteiger partial charge in [-0.05, 0) is 48.6 Å². The van der Waals surface area contributed by atoms with Gasteiger partial charge >= 0.3 is 0 Å². The molecule has 1 aromatic carbocycles. The fraction of sp³-hybridized carbons (Fsp3) is 0.125. The summed E-state index contributed by atoms with van der Waals surface area (Å²) in [4.78, 5) is 18.1. The number of carbonyl (C=O) groups excluding carboxylic acids is 1. The van der Waals surface area contributed by atoms with Crippen LogP contribution in [0.1, 0.15) is 16.1 Å². The molecule has 0 aliphatic rings. The predicted octanol–water partition coefficient (Wildman–Crippen LogP) is 3.04. The maximum atomic E-state index is 12.0. The molecule has 0 saturated heterocycles. The Morgan fingerprint density at radius 2 is 1.84 bits per heavy atom. The lowest BCUT2D eigenvalue weighted by atomic mass is 10.1. The van der Waals surface area contributed by atoms with Crippen LogP contribution in [0.15, 0.2) is 54.7 Å². The van der Waals surface area contributed by atoms with Crippen LogP contribution in [0.25, 0.3) is 6.08 Å². The van der Waals surface area contributed by atoms with Crippen molar-refractivity contribution in [2.24, 2.45) is 0 Å². The molecule has 0 bridgehead atoms. The number of rotatable bonds is 4. The summed E-state index contributed by atoms with van der Waals surface area (Å²) < 4.78 is 0. The smallest absolute Gasteiger partial charge is 0.185 e. The van der Waals surface area contributed by atoms with Crippen molar-refractivity contribution in [2.45, 2.75) is 0 Å². The number of pyridine rings is 1. The average Bonchev–Trinajstić information content (AvgIpc) is 2.46. The normalized spacial score (nSPS) is 10.6. The molecule has 0 radical (unpaired) electrons. The van der Waals surface area contributed by atoms with E-state index in [0.717, 1.165) is 11.4 Å². The summed E-state index contributed by atoms with van der Waals surface area (Å²) in [6.07, 6.45) is 4.98. The van der Waals surface area contributed by atoms with Crippen LogP contribution in [0.4, 0.5) is 5.69 Å². The zero-order chi connectivity index (χ0) is 13.7. The van der Waals surface area contributed by atoms with E-state index < -0.39 is 0 Å². The van der Waals surface area contributed by atoms with Crippen molar-refractivity contribution in [3.05, 3.63) is 66.0 Å². The van der Waals surface area contributed by atoms with E-state index in [-0.39, 0.29) is 5.78 Å². The minimum Gasteiger partial charge on any atom is -0.378 e. The summed E-state index contributed by atoms with van der Waals surface area (Å²) in [6.45, 7) is 0. The first-order valence-electron chi connectivity index (χ1n) is 6.07. The SMILES string of the molecule is CN(C)c1ccc(C(=O)/C=C\c2ccccn2)cc1. The van der Waals surface area contributed by atoms with Crippen molar-refractivity contribution in [1.29, 1.82) is 0 Å². The molecule has 1 heterocycles. The van der Waals surface area contributed by atoms with E-state index in [4.69, 9.17) is 0 Å². The molecule has 0 saturated carbocycles. The number of carbonyl (C=O) groups is 1. The lowest BCUT2D eigenvalue weighted by Crippen LogP contribution is -2.08. The minimum absolute atomic E-state index is 0.0176. The summed E-state index contributed by atoms with van der Waals surface area (Å²) in [6, 6.07) is 13.1. The first kappa shape index (κ1) is 13.0. The molecule has 96 valence electrons. The molecule has 0 aliphatic carbocycles. The van der Waals surface area contributed by atoms with Gasteiger partial charge in [-0.25, -0.2) is 0 Å². The van der Waals surface area contributed by atoms with Crippen LogP contribution in [0.5, 0.6) is 0 Å². The number of hydrogen-bond acceptors (Lipinski definition) is 3. The molecular weight excluding hydrogens is 236 g/mol. The summed E-state index contributed by atoms with van der Waals surface area (Å²) in [5.41, 5.74) is 2.53. The van der Waals surface area contributed by atoms with Gasteiger partial charge in [0.2, 0.25) is 0 Å². The van der Waals surface area contributed by atoms with Crippen molar-refractivity contribution in [3.8, 4) is 0 Å². The van der Waals surface area contributed by atoms with Gasteiger partial charge in [-0.2, -0.15) is 0 Å². The van der Waals surface area contributed by atoms with Gasteiger partial charge in [-0.15, -0.1) is 0 Å². The molecule has 1 aromatic heterocycles. The highest BCUT2D eigenvalue weighted by Gasteiger charge is 2.02. The van der Waals surface area contributed by atoms with Gasteiger partial charge in [-0.3, -0.25) is 9.78 Å². The van der Waals surface area contributed by atoms with Crippen LogP contribution in [0, 0.1) is 0 Å². The van der Waals surface area contributed by atoms with Crippen molar-refractivity contribution in [1.82, 2.24) is 4.98 Å². The van der Waals surface area contributed by atoms with E-state index >= 15 is 0 Å². The lowest BCUT2D eigenvalue weighted by molar-refractivity contribution is 0.104. The van der Waals surface area contributed by atoms with Crippen molar-refractivity contribution >= 4 is 17.5 Å². The Labute approximate surface area is 113 Å². The molecular formula is C16H16N2O. The Morgan fingerprint density at radius 1 is 1.11 bits per heavy atom. The summed E-state index contributed by atoms with van der Waals surface area (Å²) in [7, 11) is 3.94. The molecule has 0 fully saturated rings. The maximum Gasteiger partial charge on any atom is 0.185 e. The fourth-order valence-electron chi connectivity index (χ4n) is 1.66. The van der Waals surface area contributed by atoms with Crippen LogP contribution in [0.2, 0.25) is 0 Å². The molecule has 2 rings (SSSR count). The van der Waals surface area contributed by atoms with Crippen molar-refractivity contribution in [3.63, 3.8) is 0 Å². The molecule has 0 atom stereocenters. The van der Waals surface area contributed by atoms with E-state index in [2.05, 4.69) is 4.98 Å². The molecule has 2 aromatic rings. The van der Waals surface area contributed by atoms with Gasteiger partial charge in [0.05, 0.1) is 5.69 Å². The highest BCUT2D eigenvalue weighted by Crippen LogP contribution is 2.13. The number of anilines is 1. The minimum atomic E-state index is -0.0176. The molecule has 0 amide bonds. The second-order valence-electron chi connectivity index (χ2n) is 4.39. The van der Waals surface area contributed by atoms with Crippen LogP contribution in [-0.2, 0) is 0 Å². The topological polar surface area (TPSA) is 33.2 Å². The number of ketones is 1. The van der Waals surface area contributed by atoms with Gasteiger partial charge in [0.25, 0.3) is 0 Å². The van der Waals surface area contributed by atoms with Crippen molar-refractivity contribution < 1.29 is 4.79 Å². The summed E-state index contributed by atoms with van der Waals surface area (Å²) in [5.74, 6) is -0.0176. The first-order valence-corrected chi connectivity index (χ1v) is 6.07. The number of benzene rings is 1. The van der Waals surface area contributed by atoms with Gasteiger partial charge < -0.3 is 4.90 Å². The van der Waals surface area contributed by atoms with Crippen LogP contribution in [-0.4, -0.2) is 24.9 Å². The standard InChI is InChI=1S/C16H16N2O/c1-18(2)15-9-6-13(7-10-15)16(19)11-8-14-5-3-4-12-17-14/h3-12H,1-2H3/b11-8-. The molecule has 0 spiro atoms. The zero-order valence-corrected chi connectivity index (χ0v) is 11.1. The Balaban J connectivity index is 2.10. The molecule has 3 heteroatoms. The second-order valence-corrected chi connectivity index (χ2v) is 4.39. The second kappa shape index (κ2) is 5.96. The maximum absolute atomic E-state index is 12.0. The van der Waals surface area contributed by atoms with Gasteiger partial charge in [0, 0.05) is 31.5 Å². The highest BCUT2D eigenvalue weighted by atomic mass is 16.1. The fourth-order valence-corrected chi connectivity index (χ4v) is 1.66. The van der Waals surface area contributed by atoms with Crippen LogP contribution >= 0.6 is 0 Å². The Kier molecular flexibility index (Phi) is 4.08. The van der Waals surface area contributed by atoms with Gasteiger partial charge in [0.1, 0.15) is 0 Å². The molecule has 0 N–H and O–H groups in total. The van der Waals surface area contributed by atoms with Crippen LogP contribution in [0.3, 0.4) is 0 Å². The van der Waals surface area contributed by atoms with Gasteiger partial charge in [-0.1, -0.05) is 6.07 Å². The highest BCUT2D eigenvalue weighted by molar-refractivity contribution is 6.06. The van der Waals surface area contributed by atoms with E-state index in [1.165, 1.54) is 0 Å². The third-order valence-electron chi connectivity index (χ3n) is 2.76. The van der Waals surface area contributed by atoms with Crippen molar-refractivity contribution in [2.75, 3.05) is 19.0 Å². The lowest BCUT2D eigenvalue weighted by Gasteiger charge is -2.11. The first-order chi connectivity index (χ1) is 9.16. The number of aromatic nitrogens is 1. The zero-order valence-electron chi connectivity index (χ0n) is 11.1. The molecule has 0 aliphatic heterocycles. The Morgan fingerprint density at radius 3 is 2.42 bits per heavy atom. The molecule has 19 heavy (non-hydrogen) atoms. The van der Waals surface area contributed by atoms with E-state index in [0.29, 0.717) is 5.56 Å². The van der Waals surface area contributed by atoms with Gasteiger partial charge in [0.15, 0.2) is 5.78 Å². The number of allylic oxidation sites excluding steroid dienone is 1. The Hall–Kier alpha value is -2.42. The molecule has 3 nitrogen and oxygen atoms in total. The van der Waals surface area contributed by atoms with E-state index in [1.807, 2.05) is 61.5 Å². The predicted molar refractivity (Wildman–Crippen MR) is 78.4 cm³/mol. The summed E-state index contributed by atoms with van der Waals surface area (Å²) >= 11 is 0. The average molecular weight is 252 g/mol. The van der Waals surface area contributed by atoms with E-state index in [1.54, 1.807) is 18.3 Å². The third-order valence-corrected chi connectivity index (χ3v) is 2.76. The number of hydrogen-bond donors (Lipinski definition) is 0. The molecule has 0 unspecified atom stereocenters. The van der Waals surface area contributed by atoms with Crippen LogP contribution < -0.4 is 4.90 Å². The quantitative estimate of drug-likeness (QED) is 0.619. The monoisotopic (exact) mass is 252 g/mol. The third kappa shape index (κ3) is 3.52. The number of nitrogens with zero attached hydrogens (tertiary/aromatic N) is 2. The van der Waals surface area contributed by atoms with E-state index in [9.17, 15) is 4.79 Å². The summed E-state index contributed by atoms with van der Waals surface area (Å²) in [5, 5.41) is 0. The largest absolute Gasteiger partial charge is 0.378 e.